The molecule has 0 spiro atoms. The van der Waals surface area contributed by atoms with Crippen LogP contribution in [-0.4, -0.2) is 48.2 Å². The Morgan fingerprint density at radius 2 is 2.15 bits per heavy atom. The molecule has 142 valence electrons. The maximum atomic E-state index is 12.9. The molecular weight excluding hydrogens is 348 g/mol. The van der Waals surface area contributed by atoms with Crippen molar-refractivity contribution in [1.29, 1.82) is 0 Å². The minimum atomic E-state index is -0.453. The number of nitrogens with two attached hydrogens (primary N) is 1. The molecular formula is C17H22N8O2. The number of nitrogens with zero attached hydrogens (tertiary/aromatic N) is 6. The number of aromatic nitrogens is 6. The molecule has 0 aliphatic carbocycles. The summed E-state index contributed by atoms with van der Waals surface area (Å²) >= 11 is 0. The van der Waals surface area contributed by atoms with Crippen molar-refractivity contribution in [2.24, 2.45) is 12.8 Å². The molecule has 0 saturated carbocycles. The number of hydrogen-bond donors (Lipinski definition) is 2. The molecule has 1 aliphatic rings. The van der Waals surface area contributed by atoms with Crippen molar-refractivity contribution in [2.75, 3.05) is 18.0 Å². The van der Waals surface area contributed by atoms with Crippen molar-refractivity contribution >= 4 is 17.1 Å². The van der Waals surface area contributed by atoms with Crippen molar-refractivity contribution in [3.05, 3.63) is 44.6 Å². The zero-order valence-corrected chi connectivity index (χ0v) is 15.3. The van der Waals surface area contributed by atoms with E-state index in [1.807, 2.05) is 11.8 Å². The van der Waals surface area contributed by atoms with E-state index in [0.717, 1.165) is 29.6 Å². The van der Waals surface area contributed by atoms with Gasteiger partial charge < -0.3 is 15.6 Å². The van der Waals surface area contributed by atoms with E-state index >= 15 is 0 Å². The van der Waals surface area contributed by atoms with Crippen LogP contribution in [0, 0.1) is 6.92 Å². The predicted molar refractivity (Wildman–Crippen MR) is 101 cm³/mol. The maximum Gasteiger partial charge on any atom is 0.332 e. The summed E-state index contributed by atoms with van der Waals surface area (Å²) in [5.41, 5.74) is 6.56. The first-order valence-corrected chi connectivity index (χ1v) is 8.92. The number of imidazole rings is 1. The van der Waals surface area contributed by atoms with Crippen LogP contribution in [-0.2, 0) is 13.6 Å². The number of piperidine rings is 1. The third-order valence-electron chi connectivity index (χ3n) is 4.87. The average molecular weight is 370 g/mol. The molecule has 4 heterocycles. The zero-order valence-electron chi connectivity index (χ0n) is 15.3. The lowest BCUT2D eigenvalue weighted by molar-refractivity contribution is 0.501. The molecule has 4 rings (SSSR count). The van der Waals surface area contributed by atoms with E-state index in [0.29, 0.717) is 29.5 Å². The second-order valence-electron chi connectivity index (χ2n) is 6.95. The minimum Gasteiger partial charge on any atom is -0.341 e. The number of hydrogen-bond acceptors (Lipinski definition) is 7. The standard InChI is InChI=1S/C17H22N8O2/c1-10-5-6-19-12(20-10)9-25-15(26)13-14(23(2)17(25)27)22-16(21-13)24-7-3-4-11(18)8-24/h5-6,11H,3-4,7-9,18H2,1-2H3,(H,21,22)/t11-/m1/s1. The highest BCUT2D eigenvalue weighted by Crippen LogP contribution is 2.18. The first kappa shape index (κ1) is 17.4. The molecule has 3 aromatic rings. The highest BCUT2D eigenvalue weighted by atomic mass is 16.2. The zero-order chi connectivity index (χ0) is 19.1. The molecule has 10 heteroatoms. The van der Waals surface area contributed by atoms with Crippen LogP contribution >= 0.6 is 0 Å². The van der Waals surface area contributed by atoms with Gasteiger partial charge in [-0.1, -0.05) is 0 Å². The summed E-state index contributed by atoms with van der Waals surface area (Å²) in [4.78, 5) is 43.7. The Morgan fingerprint density at radius 1 is 1.33 bits per heavy atom. The van der Waals surface area contributed by atoms with Crippen LogP contribution in [0.1, 0.15) is 24.4 Å². The Hall–Kier alpha value is -3.01. The van der Waals surface area contributed by atoms with Crippen LogP contribution in [0.2, 0.25) is 0 Å². The fourth-order valence-electron chi connectivity index (χ4n) is 3.45. The second kappa shape index (κ2) is 6.62. The monoisotopic (exact) mass is 370 g/mol. The third kappa shape index (κ3) is 3.12. The molecule has 1 aliphatic heterocycles. The molecule has 0 radical (unpaired) electrons. The van der Waals surface area contributed by atoms with Gasteiger partial charge in [-0.25, -0.2) is 14.8 Å². The normalized spacial score (nSPS) is 17.6. The second-order valence-corrected chi connectivity index (χ2v) is 6.95. The summed E-state index contributed by atoms with van der Waals surface area (Å²) < 4.78 is 2.50. The van der Waals surface area contributed by atoms with E-state index in [4.69, 9.17) is 5.73 Å². The average Bonchev–Trinajstić information content (AvgIpc) is 3.09. The molecule has 0 unspecified atom stereocenters. The van der Waals surface area contributed by atoms with Crippen molar-refractivity contribution in [3.63, 3.8) is 0 Å². The largest absolute Gasteiger partial charge is 0.341 e. The highest BCUT2D eigenvalue weighted by Gasteiger charge is 2.22. The van der Waals surface area contributed by atoms with Gasteiger partial charge in [-0.05, 0) is 25.8 Å². The summed E-state index contributed by atoms with van der Waals surface area (Å²) in [5.74, 6) is 0.979. The Balaban J connectivity index is 1.80. The molecule has 3 aromatic heterocycles. The van der Waals surface area contributed by atoms with Gasteiger partial charge in [0.1, 0.15) is 5.82 Å². The Bertz CT molecular complexity index is 1110. The van der Waals surface area contributed by atoms with Crippen LogP contribution in [0.3, 0.4) is 0 Å². The fraction of sp³-hybridized carbons (Fsp3) is 0.471. The Kier molecular flexibility index (Phi) is 4.27. The van der Waals surface area contributed by atoms with E-state index in [1.54, 1.807) is 19.3 Å². The van der Waals surface area contributed by atoms with E-state index in [9.17, 15) is 9.59 Å². The number of H-pyrrole nitrogens is 1. The molecule has 1 fully saturated rings. The first-order chi connectivity index (χ1) is 12.9. The topological polar surface area (TPSA) is 128 Å². The van der Waals surface area contributed by atoms with Gasteiger partial charge in [-0.2, -0.15) is 4.98 Å². The molecule has 1 atom stereocenters. The predicted octanol–water partition coefficient (Wildman–Crippen LogP) is -0.502. The molecule has 3 N–H and O–H groups in total. The lowest BCUT2D eigenvalue weighted by Gasteiger charge is -2.30. The van der Waals surface area contributed by atoms with Gasteiger partial charge in [0.05, 0.1) is 6.54 Å². The van der Waals surface area contributed by atoms with Gasteiger partial charge in [0.25, 0.3) is 5.56 Å². The number of anilines is 1. The first-order valence-electron chi connectivity index (χ1n) is 8.92. The van der Waals surface area contributed by atoms with Crippen LogP contribution < -0.4 is 21.9 Å². The molecule has 0 amide bonds. The summed E-state index contributed by atoms with van der Waals surface area (Å²) in [6.45, 7) is 3.32. The van der Waals surface area contributed by atoms with E-state index in [2.05, 4.69) is 19.9 Å². The highest BCUT2D eigenvalue weighted by molar-refractivity contribution is 5.73. The molecule has 1 saturated heterocycles. The summed E-state index contributed by atoms with van der Waals surface area (Å²) in [5, 5.41) is 0. The quantitative estimate of drug-likeness (QED) is 0.636. The number of fused-ring (bicyclic) bond motifs is 1. The number of rotatable bonds is 3. The summed E-state index contributed by atoms with van der Waals surface area (Å²) in [6, 6.07) is 1.84. The van der Waals surface area contributed by atoms with Gasteiger partial charge in [0.2, 0.25) is 5.95 Å². The summed E-state index contributed by atoms with van der Waals surface area (Å²) in [7, 11) is 1.60. The number of aryl methyl sites for hydroxylation is 2. The minimum absolute atomic E-state index is 0.00602. The van der Waals surface area contributed by atoms with Crippen molar-refractivity contribution in [3.8, 4) is 0 Å². The van der Waals surface area contributed by atoms with Crippen LogP contribution in [0.4, 0.5) is 5.95 Å². The fourth-order valence-corrected chi connectivity index (χ4v) is 3.45. The number of aromatic amines is 1. The van der Waals surface area contributed by atoms with E-state index in [1.165, 1.54) is 4.57 Å². The molecule has 10 nitrogen and oxygen atoms in total. The lowest BCUT2D eigenvalue weighted by Crippen LogP contribution is -2.43. The molecule has 27 heavy (non-hydrogen) atoms. The Labute approximate surface area is 154 Å². The van der Waals surface area contributed by atoms with Crippen molar-refractivity contribution in [2.45, 2.75) is 32.4 Å². The molecule has 0 bridgehead atoms. The van der Waals surface area contributed by atoms with Gasteiger partial charge in [0.15, 0.2) is 11.2 Å². The molecule has 0 aromatic carbocycles. The lowest BCUT2D eigenvalue weighted by atomic mass is 10.1. The van der Waals surface area contributed by atoms with Crippen LogP contribution in [0.15, 0.2) is 21.9 Å². The van der Waals surface area contributed by atoms with E-state index < -0.39 is 11.2 Å². The van der Waals surface area contributed by atoms with E-state index in [-0.39, 0.29) is 12.6 Å². The van der Waals surface area contributed by atoms with Gasteiger partial charge in [-0.15, -0.1) is 0 Å². The maximum absolute atomic E-state index is 12.9. The van der Waals surface area contributed by atoms with Gasteiger partial charge in [-0.3, -0.25) is 13.9 Å². The third-order valence-corrected chi connectivity index (χ3v) is 4.87. The SMILES string of the molecule is Cc1ccnc(Cn2c(=O)c3[nH]c(N4CCC[C@@H](N)C4)nc3n(C)c2=O)n1. The van der Waals surface area contributed by atoms with Crippen LogP contribution in [0.5, 0.6) is 0 Å². The van der Waals surface area contributed by atoms with Crippen LogP contribution in [0.25, 0.3) is 11.2 Å². The van der Waals surface area contributed by atoms with Gasteiger partial charge >= 0.3 is 5.69 Å². The smallest absolute Gasteiger partial charge is 0.332 e. The number of nitrogens with one attached hydrogen (secondary N) is 1. The Morgan fingerprint density at radius 3 is 2.89 bits per heavy atom. The summed E-state index contributed by atoms with van der Waals surface area (Å²) in [6.07, 6.45) is 3.55. The van der Waals surface area contributed by atoms with Gasteiger partial charge in [0, 0.05) is 38.1 Å². The van der Waals surface area contributed by atoms with Crippen molar-refractivity contribution < 1.29 is 0 Å². The van der Waals surface area contributed by atoms with Crippen molar-refractivity contribution in [1.82, 2.24) is 29.1 Å².